The van der Waals surface area contributed by atoms with Crippen molar-refractivity contribution in [1.29, 1.82) is 0 Å². The Morgan fingerprint density at radius 1 is 0.783 bits per heavy atom. The summed E-state index contributed by atoms with van der Waals surface area (Å²) in [7, 11) is 0. The predicted octanol–water partition coefficient (Wildman–Crippen LogP) is 3.49. The summed E-state index contributed by atoms with van der Waals surface area (Å²) in [6, 6.07) is 0. The molecule has 0 atom stereocenters. The molecule has 0 heterocycles. The number of hydrogen-bond acceptors (Lipinski definition) is 6. The van der Waals surface area contributed by atoms with Gasteiger partial charge in [0, 0.05) is 0 Å². The highest BCUT2D eigenvalue weighted by atomic mass is 19.3. The number of halogens is 6. The van der Waals surface area contributed by atoms with Crippen LogP contribution in [-0.4, -0.2) is 43.3 Å². The molecule has 0 aromatic heterocycles. The summed E-state index contributed by atoms with van der Waals surface area (Å²) in [5.74, 6) is -17.0. The molecule has 0 fully saturated rings. The summed E-state index contributed by atoms with van der Waals surface area (Å²) < 4.78 is 93.9. The van der Waals surface area contributed by atoms with Crippen molar-refractivity contribution in [2.75, 3.05) is 13.2 Å². The number of carbonyl (C=O) groups excluding carboxylic acids is 2. The zero-order chi connectivity index (χ0) is 18.3. The number of ether oxygens (including phenoxy) is 4. The normalized spacial score (nSPS) is 12.1. The zero-order valence-electron chi connectivity index (χ0n) is 11.2. The molecular weight excluding hydrogens is 342 g/mol. The number of alkyl halides is 6. The van der Waals surface area contributed by atoms with Crippen molar-refractivity contribution in [3.8, 4) is 0 Å². The molecule has 0 aliphatic heterocycles. The molecule has 0 saturated carbocycles. The Morgan fingerprint density at radius 3 is 1.35 bits per heavy atom. The van der Waals surface area contributed by atoms with Crippen LogP contribution in [0, 0.1) is 0 Å². The van der Waals surface area contributed by atoms with Gasteiger partial charge in [-0.2, -0.15) is 26.3 Å². The Labute approximate surface area is 125 Å². The molecule has 0 rings (SSSR count). The average molecular weight is 352 g/mol. The van der Waals surface area contributed by atoms with Crippen LogP contribution in [0.3, 0.4) is 0 Å². The molecule has 23 heavy (non-hydrogen) atoms. The fourth-order valence-electron chi connectivity index (χ4n) is 0.952. The third-order valence-electron chi connectivity index (χ3n) is 2.02. The van der Waals surface area contributed by atoms with Crippen LogP contribution in [0.4, 0.5) is 35.9 Å². The Balaban J connectivity index is 4.94. The van der Waals surface area contributed by atoms with Crippen molar-refractivity contribution >= 4 is 12.3 Å². The molecule has 132 valence electrons. The fraction of sp³-hybridized carbons (Fsp3) is 0.455. The van der Waals surface area contributed by atoms with Crippen molar-refractivity contribution in [1.82, 2.24) is 0 Å². The van der Waals surface area contributed by atoms with Gasteiger partial charge in [0.2, 0.25) is 0 Å². The minimum atomic E-state index is -6.02. The number of hydrogen-bond donors (Lipinski definition) is 0. The van der Waals surface area contributed by atoms with Crippen LogP contribution in [0.15, 0.2) is 25.7 Å². The number of carbonyl (C=O) groups is 2. The summed E-state index contributed by atoms with van der Waals surface area (Å²) in [6.45, 7) is 0.851. The quantitative estimate of drug-likeness (QED) is 0.378. The highest BCUT2D eigenvalue weighted by Crippen LogP contribution is 2.46. The first-order valence-electron chi connectivity index (χ1n) is 5.43. The molecule has 0 aromatic rings. The summed E-state index contributed by atoms with van der Waals surface area (Å²) >= 11 is 0. The van der Waals surface area contributed by atoms with Crippen molar-refractivity contribution in [3.63, 3.8) is 0 Å². The Hall–Kier alpha value is -2.40. The van der Waals surface area contributed by atoms with Gasteiger partial charge in [-0.25, -0.2) is 9.59 Å². The second-order valence-corrected chi connectivity index (χ2v) is 3.63. The molecule has 0 radical (unpaired) electrons. The molecule has 6 nitrogen and oxygen atoms in total. The van der Waals surface area contributed by atoms with Crippen LogP contribution in [0.1, 0.15) is 0 Å². The molecule has 0 bridgehead atoms. The largest absolute Gasteiger partial charge is 0.513 e. The van der Waals surface area contributed by atoms with E-state index in [2.05, 4.69) is 32.1 Å². The van der Waals surface area contributed by atoms with E-state index < -0.39 is 43.3 Å². The zero-order valence-corrected chi connectivity index (χ0v) is 11.2. The lowest BCUT2D eigenvalue weighted by Crippen LogP contribution is -2.58. The van der Waals surface area contributed by atoms with Crippen LogP contribution >= 0.6 is 0 Å². The maximum atomic E-state index is 13.2. The standard InChI is InChI=1S/C11H10F6O6/c1-3-20-7(18)22-5-9(12,13)11(16,17)10(14,15)6-23-8(19)21-4-2/h3-4H,1-2,5-6H2. The van der Waals surface area contributed by atoms with Gasteiger partial charge in [0.1, 0.15) is 0 Å². The second kappa shape index (κ2) is 7.74. The Bertz CT molecular complexity index is 424. The van der Waals surface area contributed by atoms with Gasteiger partial charge in [0.25, 0.3) is 0 Å². The van der Waals surface area contributed by atoms with E-state index in [-0.39, 0.29) is 0 Å². The Kier molecular flexibility index (Phi) is 6.93. The monoisotopic (exact) mass is 352 g/mol. The fourth-order valence-corrected chi connectivity index (χ4v) is 0.952. The first-order valence-corrected chi connectivity index (χ1v) is 5.43. The van der Waals surface area contributed by atoms with E-state index >= 15 is 0 Å². The lowest BCUT2D eigenvalue weighted by molar-refractivity contribution is -0.323. The summed E-state index contributed by atoms with van der Waals surface area (Å²) in [4.78, 5) is 21.2. The predicted molar refractivity (Wildman–Crippen MR) is 60.1 cm³/mol. The molecule has 0 unspecified atom stereocenters. The van der Waals surface area contributed by atoms with Crippen LogP contribution in [0.2, 0.25) is 0 Å². The summed E-state index contributed by atoms with van der Waals surface area (Å²) in [6.07, 6.45) is -2.84. The first-order chi connectivity index (χ1) is 10.4. The van der Waals surface area contributed by atoms with Gasteiger partial charge in [-0.3, -0.25) is 0 Å². The molecule has 0 aliphatic carbocycles. The topological polar surface area (TPSA) is 71.1 Å². The van der Waals surface area contributed by atoms with Gasteiger partial charge in [-0.05, 0) is 0 Å². The smallest absolute Gasteiger partial charge is 0.427 e. The molecule has 0 aliphatic rings. The second-order valence-electron chi connectivity index (χ2n) is 3.63. The molecule has 12 heteroatoms. The van der Waals surface area contributed by atoms with E-state index in [0.717, 1.165) is 0 Å². The van der Waals surface area contributed by atoms with E-state index in [4.69, 9.17) is 0 Å². The van der Waals surface area contributed by atoms with E-state index in [1.807, 2.05) is 0 Å². The number of rotatable bonds is 8. The average Bonchev–Trinajstić information content (AvgIpc) is 2.43. The third kappa shape index (κ3) is 5.38. The highest BCUT2D eigenvalue weighted by Gasteiger charge is 2.72. The SMILES string of the molecule is C=COC(=O)OCC(F)(F)C(F)(F)C(F)(F)COC(=O)OC=C. The van der Waals surface area contributed by atoms with Gasteiger partial charge < -0.3 is 18.9 Å². The van der Waals surface area contributed by atoms with Crippen LogP contribution in [-0.2, 0) is 18.9 Å². The maximum Gasteiger partial charge on any atom is 0.513 e. The van der Waals surface area contributed by atoms with Crippen LogP contribution in [0.5, 0.6) is 0 Å². The van der Waals surface area contributed by atoms with Crippen LogP contribution in [0.25, 0.3) is 0 Å². The first kappa shape index (κ1) is 20.6. The summed E-state index contributed by atoms with van der Waals surface area (Å²) in [5.41, 5.74) is 0. The van der Waals surface area contributed by atoms with Crippen molar-refractivity contribution in [3.05, 3.63) is 25.7 Å². The van der Waals surface area contributed by atoms with Crippen molar-refractivity contribution < 1.29 is 54.9 Å². The molecule has 0 aromatic carbocycles. The minimum absolute atomic E-state index is 0.437. The van der Waals surface area contributed by atoms with E-state index in [9.17, 15) is 35.9 Å². The molecule has 0 saturated heterocycles. The summed E-state index contributed by atoms with van der Waals surface area (Å²) in [5, 5.41) is 0. The van der Waals surface area contributed by atoms with Gasteiger partial charge >= 0.3 is 30.1 Å². The molecule has 0 amide bonds. The van der Waals surface area contributed by atoms with Crippen molar-refractivity contribution in [2.24, 2.45) is 0 Å². The highest BCUT2D eigenvalue weighted by molar-refractivity contribution is 5.61. The van der Waals surface area contributed by atoms with Crippen molar-refractivity contribution in [2.45, 2.75) is 17.8 Å². The van der Waals surface area contributed by atoms with Gasteiger partial charge in [-0.1, -0.05) is 13.2 Å². The molecule has 0 spiro atoms. The lowest BCUT2D eigenvalue weighted by atomic mass is 10.1. The van der Waals surface area contributed by atoms with E-state index in [1.165, 1.54) is 0 Å². The van der Waals surface area contributed by atoms with Gasteiger partial charge in [-0.15, -0.1) is 0 Å². The van der Waals surface area contributed by atoms with Gasteiger partial charge in [0.15, 0.2) is 13.2 Å². The Morgan fingerprint density at radius 2 is 1.09 bits per heavy atom. The van der Waals surface area contributed by atoms with E-state index in [0.29, 0.717) is 12.5 Å². The lowest BCUT2D eigenvalue weighted by Gasteiger charge is -2.31. The third-order valence-corrected chi connectivity index (χ3v) is 2.02. The van der Waals surface area contributed by atoms with Gasteiger partial charge in [0.05, 0.1) is 12.5 Å². The molecular formula is C11H10F6O6. The molecule has 0 N–H and O–H groups in total. The van der Waals surface area contributed by atoms with Crippen LogP contribution < -0.4 is 0 Å². The maximum absolute atomic E-state index is 13.2. The minimum Gasteiger partial charge on any atom is -0.427 e. The van der Waals surface area contributed by atoms with E-state index in [1.54, 1.807) is 0 Å².